The van der Waals surface area contributed by atoms with Crippen molar-refractivity contribution < 1.29 is 4.79 Å². The summed E-state index contributed by atoms with van der Waals surface area (Å²) in [6.45, 7) is 5.63. The van der Waals surface area contributed by atoms with Crippen LogP contribution in [-0.4, -0.2) is 21.2 Å². The van der Waals surface area contributed by atoms with Crippen molar-refractivity contribution in [3.8, 4) is 0 Å². The Morgan fingerprint density at radius 1 is 1.69 bits per heavy atom. The van der Waals surface area contributed by atoms with Gasteiger partial charge < -0.3 is 11.1 Å². The van der Waals surface area contributed by atoms with Gasteiger partial charge in [0.05, 0.1) is 11.2 Å². The van der Waals surface area contributed by atoms with Crippen molar-refractivity contribution in [3.05, 3.63) is 11.8 Å². The number of aromatic nitrogens is 2. The maximum absolute atomic E-state index is 11.9. The van der Waals surface area contributed by atoms with Gasteiger partial charge in [0.25, 0.3) is 0 Å². The van der Waals surface area contributed by atoms with Crippen molar-refractivity contribution in [2.24, 2.45) is 12.8 Å². The molecular weight excluding hydrogens is 204 g/mol. The van der Waals surface area contributed by atoms with E-state index in [4.69, 9.17) is 5.73 Å². The molecule has 0 aliphatic rings. The molecular formula is C11H20N4O. The Bertz CT molecular complexity index is 381. The number of aryl methyl sites for hydroxylation is 2. The van der Waals surface area contributed by atoms with Crippen LogP contribution in [0.25, 0.3) is 0 Å². The fraction of sp³-hybridized carbons (Fsp3) is 0.636. The van der Waals surface area contributed by atoms with Crippen molar-refractivity contribution in [2.45, 2.75) is 39.2 Å². The molecule has 5 nitrogen and oxygen atoms in total. The molecule has 3 N–H and O–H groups in total. The number of hydrogen-bond donors (Lipinski definition) is 2. The van der Waals surface area contributed by atoms with E-state index in [0.29, 0.717) is 12.2 Å². The van der Waals surface area contributed by atoms with Crippen LogP contribution in [0, 0.1) is 6.92 Å². The number of carbonyl (C=O) groups is 1. The average molecular weight is 224 g/mol. The second-order valence-electron chi connectivity index (χ2n) is 4.42. The molecule has 1 heterocycles. The van der Waals surface area contributed by atoms with Crippen LogP contribution in [0.4, 0.5) is 5.82 Å². The molecule has 0 fully saturated rings. The topological polar surface area (TPSA) is 72.9 Å². The maximum Gasteiger partial charge on any atom is 0.245 e. The zero-order chi connectivity index (χ0) is 12.3. The van der Waals surface area contributed by atoms with E-state index in [2.05, 4.69) is 10.4 Å². The summed E-state index contributed by atoms with van der Waals surface area (Å²) in [5.74, 6) is 0.507. The zero-order valence-electron chi connectivity index (χ0n) is 10.4. The number of nitrogens with zero attached hydrogens (tertiary/aromatic N) is 2. The highest BCUT2D eigenvalue weighted by atomic mass is 16.2. The fourth-order valence-electron chi connectivity index (χ4n) is 1.62. The number of hydrogen-bond acceptors (Lipinski definition) is 3. The van der Waals surface area contributed by atoms with Gasteiger partial charge in [0.1, 0.15) is 5.82 Å². The predicted octanol–water partition coefficient (Wildman–Crippen LogP) is 1.18. The second-order valence-corrected chi connectivity index (χ2v) is 4.42. The Kier molecular flexibility index (Phi) is 3.70. The highest BCUT2D eigenvalue weighted by molar-refractivity contribution is 5.97. The molecule has 90 valence electrons. The van der Waals surface area contributed by atoms with Gasteiger partial charge in [0.2, 0.25) is 5.91 Å². The summed E-state index contributed by atoms with van der Waals surface area (Å²) < 4.78 is 1.63. The Balaban J connectivity index is 2.75. The molecule has 0 saturated heterocycles. The SMILES string of the molecule is CCCC(C)(N)C(=O)Nc1cc(C)nn1C. The molecule has 1 aromatic rings. The van der Waals surface area contributed by atoms with E-state index in [9.17, 15) is 4.79 Å². The fourth-order valence-corrected chi connectivity index (χ4v) is 1.62. The van der Waals surface area contributed by atoms with Gasteiger partial charge in [-0.1, -0.05) is 13.3 Å². The van der Waals surface area contributed by atoms with Crippen LogP contribution in [0.3, 0.4) is 0 Å². The molecule has 0 saturated carbocycles. The number of nitrogens with two attached hydrogens (primary N) is 1. The molecule has 0 aromatic carbocycles. The second kappa shape index (κ2) is 4.65. The van der Waals surface area contributed by atoms with E-state index in [-0.39, 0.29) is 5.91 Å². The Hall–Kier alpha value is -1.36. The third-order valence-corrected chi connectivity index (χ3v) is 2.53. The first-order chi connectivity index (χ1) is 7.36. The van der Waals surface area contributed by atoms with Crippen LogP contribution < -0.4 is 11.1 Å². The van der Waals surface area contributed by atoms with Crippen LogP contribution in [0.1, 0.15) is 32.4 Å². The Morgan fingerprint density at radius 3 is 2.75 bits per heavy atom. The zero-order valence-corrected chi connectivity index (χ0v) is 10.4. The third kappa shape index (κ3) is 2.82. The molecule has 0 radical (unpaired) electrons. The number of carbonyl (C=O) groups excluding carboxylic acids is 1. The number of anilines is 1. The average Bonchev–Trinajstić information content (AvgIpc) is 2.45. The van der Waals surface area contributed by atoms with E-state index in [0.717, 1.165) is 12.1 Å². The largest absolute Gasteiger partial charge is 0.318 e. The minimum Gasteiger partial charge on any atom is -0.318 e. The van der Waals surface area contributed by atoms with Gasteiger partial charge in [-0.3, -0.25) is 9.48 Å². The minimum absolute atomic E-state index is 0.169. The van der Waals surface area contributed by atoms with E-state index >= 15 is 0 Å². The molecule has 1 atom stereocenters. The minimum atomic E-state index is -0.826. The summed E-state index contributed by atoms with van der Waals surface area (Å²) in [6, 6.07) is 1.82. The van der Waals surface area contributed by atoms with Crippen LogP contribution in [0.15, 0.2) is 6.07 Å². The van der Waals surface area contributed by atoms with Gasteiger partial charge in [-0.2, -0.15) is 5.10 Å². The molecule has 1 aromatic heterocycles. The summed E-state index contributed by atoms with van der Waals surface area (Å²) in [5.41, 5.74) is 5.97. The summed E-state index contributed by atoms with van der Waals surface area (Å²) in [7, 11) is 1.79. The van der Waals surface area contributed by atoms with Crippen molar-refractivity contribution in [1.29, 1.82) is 0 Å². The summed E-state index contributed by atoms with van der Waals surface area (Å²) in [4.78, 5) is 11.9. The summed E-state index contributed by atoms with van der Waals surface area (Å²) in [6.07, 6.45) is 1.54. The lowest BCUT2D eigenvalue weighted by atomic mass is 9.97. The maximum atomic E-state index is 11.9. The van der Waals surface area contributed by atoms with Crippen LogP contribution >= 0.6 is 0 Å². The van der Waals surface area contributed by atoms with Gasteiger partial charge in [0.15, 0.2) is 0 Å². The Labute approximate surface area is 96.0 Å². The molecule has 1 unspecified atom stereocenters. The number of rotatable bonds is 4. The normalized spacial score (nSPS) is 14.6. The summed E-state index contributed by atoms with van der Waals surface area (Å²) in [5, 5.41) is 6.95. The highest BCUT2D eigenvalue weighted by Gasteiger charge is 2.27. The van der Waals surface area contributed by atoms with Crippen molar-refractivity contribution in [1.82, 2.24) is 9.78 Å². The first-order valence-corrected chi connectivity index (χ1v) is 5.48. The number of amides is 1. The first kappa shape index (κ1) is 12.7. The van der Waals surface area contributed by atoms with E-state index in [1.165, 1.54) is 0 Å². The van der Waals surface area contributed by atoms with Crippen LogP contribution in [0.2, 0.25) is 0 Å². The smallest absolute Gasteiger partial charge is 0.245 e. The molecule has 1 rings (SSSR count). The molecule has 0 bridgehead atoms. The van der Waals surface area contributed by atoms with Gasteiger partial charge in [-0.05, 0) is 20.3 Å². The lowest BCUT2D eigenvalue weighted by molar-refractivity contribution is -0.120. The van der Waals surface area contributed by atoms with Crippen LogP contribution in [0.5, 0.6) is 0 Å². The molecule has 1 amide bonds. The van der Waals surface area contributed by atoms with Gasteiger partial charge in [-0.25, -0.2) is 0 Å². The Morgan fingerprint density at radius 2 is 2.31 bits per heavy atom. The van der Waals surface area contributed by atoms with Crippen molar-refractivity contribution in [3.63, 3.8) is 0 Å². The molecule has 0 aliphatic carbocycles. The van der Waals surface area contributed by atoms with Crippen LogP contribution in [-0.2, 0) is 11.8 Å². The molecule has 16 heavy (non-hydrogen) atoms. The molecule has 0 aliphatic heterocycles. The quantitative estimate of drug-likeness (QED) is 0.806. The third-order valence-electron chi connectivity index (χ3n) is 2.53. The van der Waals surface area contributed by atoms with Gasteiger partial charge in [-0.15, -0.1) is 0 Å². The lowest BCUT2D eigenvalue weighted by Gasteiger charge is -2.22. The molecule has 5 heteroatoms. The highest BCUT2D eigenvalue weighted by Crippen LogP contribution is 2.14. The molecule has 0 spiro atoms. The lowest BCUT2D eigenvalue weighted by Crippen LogP contribution is -2.48. The number of nitrogens with one attached hydrogen (secondary N) is 1. The first-order valence-electron chi connectivity index (χ1n) is 5.48. The standard InChI is InChI=1S/C11H20N4O/c1-5-6-11(3,12)10(16)13-9-7-8(2)14-15(9)4/h7H,5-6,12H2,1-4H3,(H,13,16). The van der Waals surface area contributed by atoms with Crippen molar-refractivity contribution in [2.75, 3.05) is 5.32 Å². The van der Waals surface area contributed by atoms with E-state index in [1.807, 2.05) is 19.9 Å². The monoisotopic (exact) mass is 224 g/mol. The van der Waals surface area contributed by atoms with Gasteiger partial charge >= 0.3 is 0 Å². The van der Waals surface area contributed by atoms with E-state index in [1.54, 1.807) is 18.7 Å². The summed E-state index contributed by atoms with van der Waals surface area (Å²) >= 11 is 0. The van der Waals surface area contributed by atoms with E-state index < -0.39 is 5.54 Å². The van der Waals surface area contributed by atoms with Crippen molar-refractivity contribution >= 4 is 11.7 Å². The predicted molar refractivity (Wildman–Crippen MR) is 64.1 cm³/mol. The van der Waals surface area contributed by atoms with Gasteiger partial charge in [0, 0.05) is 13.1 Å².